The Bertz CT molecular complexity index is 529. The van der Waals surface area contributed by atoms with Crippen LogP contribution in [0.3, 0.4) is 0 Å². The summed E-state index contributed by atoms with van der Waals surface area (Å²) < 4.78 is 0. The fourth-order valence-corrected chi connectivity index (χ4v) is 3.26. The van der Waals surface area contributed by atoms with Gasteiger partial charge >= 0.3 is 0 Å². The lowest BCUT2D eigenvalue weighted by Crippen LogP contribution is -2.37. The summed E-state index contributed by atoms with van der Waals surface area (Å²) in [6.45, 7) is 10.1. The number of nitrogens with zero attached hydrogens (tertiary/aromatic N) is 4. The largest absolute Gasteiger partial charge is 0.341 e. The number of rotatable bonds is 7. The lowest BCUT2D eigenvalue weighted by Gasteiger charge is -2.30. The number of aromatic nitrogens is 4. The quantitative estimate of drug-likeness (QED) is 0.483. The van der Waals surface area contributed by atoms with Crippen LogP contribution in [0.2, 0.25) is 0 Å². The van der Waals surface area contributed by atoms with Crippen molar-refractivity contribution in [3.05, 3.63) is 12.7 Å². The molecule has 6 heteroatoms. The SMILES string of the molecule is CC(C)N(CCCSc1ncnc2nc[nH]c12)C(C)C. The molecule has 2 heterocycles. The molecule has 0 unspecified atom stereocenters. The zero-order chi connectivity index (χ0) is 14.5. The third-order valence-corrected chi connectivity index (χ3v) is 4.39. The van der Waals surface area contributed by atoms with E-state index in [-0.39, 0.29) is 0 Å². The Hall–Kier alpha value is -1.14. The van der Waals surface area contributed by atoms with Crippen molar-refractivity contribution in [2.24, 2.45) is 0 Å². The van der Waals surface area contributed by atoms with Gasteiger partial charge in [0.25, 0.3) is 0 Å². The number of fused-ring (bicyclic) bond motifs is 1. The van der Waals surface area contributed by atoms with Gasteiger partial charge in [0.2, 0.25) is 0 Å². The van der Waals surface area contributed by atoms with Crippen molar-refractivity contribution in [1.82, 2.24) is 24.8 Å². The van der Waals surface area contributed by atoms with E-state index in [2.05, 4.69) is 52.5 Å². The van der Waals surface area contributed by atoms with E-state index >= 15 is 0 Å². The Morgan fingerprint density at radius 1 is 1.15 bits per heavy atom. The first-order chi connectivity index (χ1) is 9.59. The van der Waals surface area contributed by atoms with Gasteiger partial charge in [0.05, 0.1) is 6.33 Å². The first kappa shape index (κ1) is 15.3. The molecule has 0 amide bonds. The van der Waals surface area contributed by atoms with Crippen LogP contribution >= 0.6 is 11.8 Å². The van der Waals surface area contributed by atoms with E-state index in [4.69, 9.17) is 0 Å². The predicted molar refractivity (Wildman–Crippen MR) is 84.0 cm³/mol. The smallest absolute Gasteiger partial charge is 0.181 e. The Morgan fingerprint density at radius 3 is 2.60 bits per heavy atom. The molecule has 0 aliphatic rings. The average molecular weight is 293 g/mol. The van der Waals surface area contributed by atoms with Crippen molar-refractivity contribution in [3.63, 3.8) is 0 Å². The second-order valence-electron chi connectivity index (χ2n) is 5.41. The molecule has 2 rings (SSSR count). The van der Waals surface area contributed by atoms with Gasteiger partial charge < -0.3 is 4.98 Å². The van der Waals surface area contributed by atoms with E-state index in [0.29, 0.717) is 12.1 Å². The van der Waals surface area contributed by atoms with E-state index in [9.17, 15) is 0 Å². The molecule has 1 N–H and O–H groups in total. The minimum absolute atomic E-state index is 0.596. The van der Waals surface area contributed by atoms with Crippen LogP contribution < -0.4 is 0 Å². The van der Waals surface area contributed by atoms with Gasteiger partial charge in [0.15, 0.2) is 5.65 Å². The van der Waals surface area contributed by atoms with Crippen LogP contribution in [0.25, 0.3) is 11.2 Å². The summed E-state index contributed by atoms with van der Waals surface area (Å²) in [6.07, 6.45) is 4.41. The molecule has 0 fully saturated rings. The minimum atomic E-state index is 0.596. The fraction of sp³-hybridized carbons (Fsp3) is 0.643. The summed E-state index contributed by atoms with van der Waals surface area (Å²) in [6, 6.07) is 1.19. The third-order valence-electron chi connectivity index (χ3n) is 3.31. The van der Waals surface area contributed by atoms with Crippen LogP contribution in [-0.4, -0.2) is 49.2 Å². The summed E-state index contributed by atoms with van der Waals surface area (Å²) in [5.74, 6) is 1.06. The maximum Gasteiger partial charge on any atom is 0.181 e. The molecule has 0 radical (unpaired) electrons. The highest BCUT2D eigenvalue weighted by atomic mass is 32.2. The maximum absolute atomic E-state index is 4.33. The van der Waals surface area contributed by atoms with E-state index in [1.54, 1.807) is 24.4 Å². The van der Waals surface area contributed by atoms with E-state index < -0.39 is 0 Å². The standard InChI is InChI=1S/C14H23N5S/c1-10(2)19(11(3)4)6-5-7-20-14-12-13(16-8-15-12)17-9-18-14/h8-11H,5-7H2,1-4H3,(H,15,16,17,18). The molecule has 5 nitrogen and oxygen atoms in total. The Kier molecular flexibility index (Phi) is 5.37. The first-order valence-corrected chi connectivity index (χ1v) is 8.10. The molecule has 2 aromatic rings. The zero-order valence-corrected chi connectivity index (χ0v) is 13.4. The van der Waals surface area contributed by atoms with Crippen molar-refractivity contribution in [3.8, 4) is 0 Å². The number of thioether (sulfide) groups is 1. The normalized spacial score (nSPS) is 12.2. The van der Waals surface area contributed by atoms with Crippen LogP contribution in [0.4, 0.5) is 0 Å². The van der Waals surface area contributed by atoms with Crippen molar-refractivity contribution in [2.45, 2.75) is 51.2 Å². The van der Waals surface area contributed by atoms with Crippen molar-refractivity contribution < 1.29 is 0 Å². The molecule has 0 spiro atoms. The number of hydrogen-bond donors (Lipinski definition) is 1. The molecule has 0 aliphatic carbocycles. The van der Waals surface area contributed by atoms with Crippen LogP contribution in [0.1, 0.15) is 34.1 Å². The van der Waals surface area contributed by atoms with E-state index in [1.165, 1.54) is 0 Å². The number of H-pyrrole nitrogens is 1. The predicted octanol–water partition coefficient (Wildman–Crippen LogP) is 2.95. The summed E-state index contributed by atoms with van der Waals surface area (Å²) in [4.78, 5) is 18.2. The Balaban J connectivity index is 1.85. The Morgan fingerprint density at radius 2 is 1.90 bits per heavy atom. The van der Waals surface area contributed by atoms with E-state index in [0.717, 1.165) is 34.9 Å². The number of aromatic amines is 1. The first-order valence-electron chi connectivity index (χ1n) is 7.12. The van der Waals surface area contributed by atoms with Gasteiger partial charge in [-0.2, -0.15) is 0 Å². The van der Waals surface area contributed by atoms with E-state index in [1.807, 2.05) is 0 Å². The second kappa shape index (κ2) is 7.04. The topological polar surface area (TPSA) is 57.7 Å². The number of hydrogen-bond acceptors (Lipinski definition) is 5. The molecule has 0 saturated heterocycles. The number of imidazole rings is 1. The maximum atomic E-state index is 4.33. The molecule has 0 atom stereocenters. The molecule has 2 aromatic heterocycles. The van der Waals surface area contributed by atoms with Gasteiger partial charge in [-0.25, -0.2) is 15.0 Å². The highest BCUT2D eigenvalue weighted by molar-refractivity contribution is 7.99. The lowest BCUT2D eigenvalue weighted by atomic mass is 10.2. The van der Waals surface area contributed by atoms with Crippen LogP contribution in [0.5, 0.6) is 0 Å². The minimum Gasteiger partial charge on any atom is -0.341 e. The van der Waals surface area contributed by atoms with Gasteiger partial charge in [0, 0.05) is 17.8 Å². The number of nitrogens with one attached hydrogen (secondary N) is 1. The third kappa shape index (κ3) is 3.70. The molecule has 20 heavy (non-hydrogen) atoms. The molecule has 0 bridgehead atoms. The zero-order valence-electron chi connectivity index (χ0n) is 12.6. The van der Waals surface area contributed by atoms with Crippen molar-refractivity contribution in [2.75, 3.05) is 12.3 Å². The Labute approximate surface area is 124 Å². The van der Waals surface area contributed by atoms with Gasteiger partial charge in [-0.15, -0.1) is 11.8 Å². The van der Waals surface area contributed by atoms with Gasteiger partial charge in [0.1, 0.15) is 16.9 Å². The summed E-state index contributed by atoms with van der Waals surface area (Å²) in [7, 11) is 0. The van der Waals surface area contributed by atoms with Crippen molar-refractivity contribution in [1.29, 1.82) is 0 Å². The monoisotopic (exact) mass is 293 g/mol. The molecular formula is C14H23N5S. The molecule has 0 aromatic carbocycles. The molecular weight excluding hydrogens is 270 g/mol. The van der Waals surface area contributed by atoms with Crippen molar-refractivity contribution >= 4 is 22.9 Å². The van der Waals surface area contributed by atoms with Crippen LogP contribution in [0.15, 0.2) is 17.7 Å². The highest BCUT2D eigenvalue weighted by Crippen LogP contribution is 2.22. The summed E-state index contributed by atoms with van der Waals surface area (Å²) in [5.41, 5.74) is 1.69. The molecule has 0 saturated carbocycles. The molecule has 110 valence electrons. The van der Waals surface area contributed by atoms with Gasteiger partial charge in [-0.05, 0) is 40.7 Å². The van der Waals surface area contributed by atoms with Crippen LogP contribution in [-0.2, 0) is 0 Å². The summed E-state index contributed by atoms with van der Waals surface area (Å²) in [5, 5.41) is 0.994. The highest BCUT2D eigenvalue weighted by Gasteiger charge is 2.13. The second-order valence-corrected chi connectivity index (χ2v) is 6.49. The fourth-order valence-electron chi connectivity index (χ4n) is 2.38. The van der Waals surface area contributed by atoms with Gasteiger partial charge in [-0.1, -0.05) is 0 Å². The van der Waals surface area contributed by atoms with Crippen LogP contribution in [0, 0.1) is 0 Å². The lowest BCUT2D eigenvalue weighted by molar-refractivity contribution is 0.176. The van der Waals surface area contributed by atoms with Gasteiger partial charge in [-0.3, -0.25) is 4.90 Å². The molecule has 0 aliphatic heterocycles. The average Bonchev–Trinajstić information content (AvgIpc) is 2.86. The summed E-state index contributed by atoms with van der Waals surface area (Å²) >= 11 is 1.77.